The Balaban J connectivity index is 1.91. The van der Waals surface area contributed by atoms with E-state index in [1.807, 2.05) is 19.2 Å². The summed E-state index contributed by atoms with van der Waals surface area (Å²) in [7, 11) is 1.90. The van der Waals surface area contributed by atoms with Crippen LogP contribution in [0.4, 0.5) is 5.69 Å². The van der Waals surface area contributed by atoms with Crippen LogP contribution in [0.25, 0.3) is 0 Å². The van der Waals surface area contributed by atoms with Crippen molar-refractivity contribution in [2.24, 2.45) is 0 Å². The van der Waals surface area contributed by atoms with Crippen LogP contribution in [0.15, 0.2) is 18.2 Å². The molecule has 1 saturated heterocycles. The first-order chi connectivity index (χ1) is 9.22. The van der Waals surface area contributed by atoms with Crippen LogP contribution in [0, 0.1) is 0 Å². The van der Waals surface area contributed by atoms with Gasteiger partial charge in [-0.15, -0.1) is 0 Å². The number of rotatable bonds is 5. The van der Waals surface area contributed by atoms with E-state index in [2.05, 4.69) is 22.0 Å². The minimum atomic E-state index is 0.398. The number of phenolic OH excluding ortho intramolecular Hbond substituents is 1. The first-order valence-corrected chi connectivity index (χ1v) is 7.17. The molecule has 2 rings (SSSR count). The van der Waals surface area contributed by atoms with Crippen LogP contribution >= 0.6 is 0 Å². The lowest BCUT2D eigenvalue weighted by Gasteiger charge is -2.34. The van der Waals surface area contributed by atoms with E-state index in [1.54, 1.807) is 6.07 Å². The Morgan fingerprint density at radius 1 is 1.16 bits per heavy atom. The maximum atomic E-state index is 9.93. The Hall–Kier alpha value is -1.26. The number of aromatic hydroxyl groups is 1. The van der Waals surface area contributed by atoms with Crippen LogP contribution in [-0.2, 0) is 6.54 Å². The molecule has 0 unspecified atom stereocenters. The second kappa shape index (κ2) is 6.78. The Kier molecular flexibility index (Phi) is 5.05. The molecule has 2 N–H and O–H groups in total. The summed E-state index contributed by atoms with van der Waals surface area (Å²) in [5, 5.41) is 13.1. The van der Waals surface area contributed by atoms with Gasteiger partial charge >= 0.3 is 0 Å². The molecule has 106 valence electrons. The molecule has 0 bridgehead atoms. The molecule has 1 aliphatic rings. The van der Waals surface area contributed by atoms with Crippen molar-refractivity contribution in [1.29, 1.82) is 0 Å². The van der Waals surface area contributed by atoms with Gasteiger partial charge in [-0.25, -0.2) is 0 Å². The number of hydrogen-bond acceptors (Lipinski definition) is 4. The molecule has 4 heteroatoms. The molecule has 0 amide bonds. The zero-order chi connectivity index (χ0) is 13.7. The summed E-state index contributed by atoms with van der Waals surface area (Å²) in [6.45, 7) is 8.72. The van der Waals surface area contributed by atoms with Gasteiger partial charge in [0.15, 0.2) is 0 Å². The standard InChI is InChI=1S/C15H25N3O/c1-3-6-17-7-9-18(10-8-17)12-13-11-14(16-2)4-5-15(13)19/h4-5,11,16,19H,3,6-10,12H2,1-2H3. The number of phenols is 1. The number of benzene rings is 1. The molecule has 1 aromatic carbocycles. The highest BCUT2D eigenvalue weighted by molar-refractivity contribution is 5.50. The van der Waals surface area contributed by atoms with Crippen molar-refractivity contribution < 1.29 is 5.11 Å². The molecule has 0 radical (unpaired) electrons. The van der Waals surface area contributed by atoms with Crippen molar-refractivity contribution in [2.45, 2.75) is 19.9 Å². The molecule has 4 nitrogen and oxygen atoms in total. The lowest BCUT2D eigenvalue weighted by Crippen LogP contribution is -2.45. The van der Waals surface area contributed by atoms with Gasteiger partial charge in [-0.3, -0.25) is 4.90 Å². The van der Waals surface area contributed by atoms with Crippen molar-refractivity contribution in [3.63, 3.8) is 0 Å². The van der Waals surface area contributed by atoms with E-state index in [-0.39, 0.29) is 0 Å². The number of hydrogen-bond donors (Lipinski definition) is 2. The van der Waals surface area contributed by atoms with Gasteiger partial charge in [0.25, 0.3) is 0 Å². The predicted octanol–water partition coefficient (Wildman–Crippen LogP) is 1.96. The fraction of sp³-hybridized carbons (Fsp3) is 0.600. The molecule has 0 atom stereocenters. The Bertz CT molecular complexity index is 400. The first-order valence-electron chi connectivity index (χ1n) is 7.17. The summed E-state index contributed by atoms with van der Waals surface area (Å²) in [5.41, 5.74) is 2.06. The fourth-order valence-electron chi connectivity index (χ4n) is 2.60. The van der Waals surface area contributed by atoms with Gasteiger partial charge < -0.3 is 15.3 Å². The highest BCUT2D eigenvalue weighted by Gasteiger charge is 2.17. The number of piperazine rings is 1. The molecule has 0 spiro atoms. The van der Waals surface area contributed by atoms with E-state index in [0.717, 1.165) is 44.0 Å². The molecule has 0 aromatic heterocycles. The third-order valence-corrected chi connectivity index (χ3v) is 3.77. The van der Waals surface area contributed by atoms with Crippen molar-refractivity contribution >= 4 is 5.69 Å². The molecule has 0 aliphatic carbocycles. The SMILES string of the molecule is CCCN1CCN(Cc2cc(NC)ccc2O)CC1. The fourth-order valence-corrected chi connectivity index (χ4v) is 2.60. The summed E-state index contributed by atoms with van der Waals surface area (Å²) < 4.78 is 0. The topological polar surface area (TPSA) is 38.7 Å². The highest BCUT2D eigenvalue weighted by Crippen LogP contribution is 2.23. The van der Waals surface area contributed by atoms with Gasteiger partial charge in [-0.05, 0) is 31.2 Å². The second-order valence-electron chi connectivity index (χ2n) is 5.21. The van der Waals surface area contributed by atoms with Gasteiger partial charge in [-0.1, -0.05) is 6.92 Å². The maximum Gasteiger partial charge on any atom is 0.120 e. The van der Waals surface area contributed by atoms with Crippen LogP contribution in [-0.4, -0.2) is 54.7 Å². The summed E-state index contributed by atoms with van der Waals surface area (Å²) in [6.07, 6.45) is 1.23. The number of nitrogens with one attached hydrogen (secondary N) is 1. The summed E-state index contributed by atoms with van der Waals surface area (Å²) >= 11 is 0. The summed E-state index contributed by atoms with van der Waals surface area (Å²) in [4.78, 5) is 4.93. The third kappa shape index (κ3) is 3.85. The Labute approximate surface area is 116 Å². The van der Waals surface area contributed by atoms with Crippen molar-refractivity contribution in [2.75, 3.05) is 45.1 Å². The molecule has 19 heavy (non-hydrogen) atoms. The second-order valence-corrected chi connectivity index (χ2v) is 5.21. The molecule has 1 fully saturated rings. The number of anilines is 1. The summed E-state index contributed by atoms with van der Waals surface area (Å²) in [6, 6.07) is 5.71. The van der Waals surface area contributed by atoms with E-state index in [0.29, 0.717) is 5.75 Å². The lowest BCUT2D eigenvalue weighted by molar-refractivity contribution is 0.126. The maximum absolute atomic E-state index is 9.93. The van der Waals surface area contributed by atoms with E-state index >= 15 is 0 Å². The van der Waals surface area contributed by atoms with Gasteiger partial charge in [0.1, 0.15) is 5.75 Å². The molecule has 1 aliphatic heterocycles. The van der Waals surface area contributed by atoms with E-state index in [4.69, 9.17) is 0 Å². The van der Waals surface area contributed by atoms with Gasteiger partial charge in [0.05, 0.1) is 0 Å². The zero-order valence-corrected chi connectivity index (χ0v) is 12.0. The van der Waals surface area contributed by atoms with E-state index < -0.39 is 0 Å². The zero-order valence-electron chi connectivity index (χ0n) is 12.0. The van der Waals surface area contributed by atoms with Gasteiger partial charge in [-0.2, -0.15) is 0 Å². The number of nitrogens with zero attached hydrogens (tertiary/aromatic N) is 2. The highest BCUT2D eigenvalue weighted by atomic mass is 16.3. The third-order valence-electron chi connectivity index (χ3n) is 3.77. The smallest absolute Gasteiger partial charge is 0.120 e. The van der Waals surface area contributed by atoms with Crippen LogP contribution in [0.1, 0.15) is 18.9 Å². The predicted molar refractivity (Wildman–Crippen MR) is 79.7 cm³/mol. The first kappa shape index (κ1) is 14.2. The normalized spacial score (nSPS) is 17.6. The average Bonchev–Trinajstić information content (AvgIpc) is 2.44. The van der Waals surface area contributed by atoms with Gasteiger partial charge in [0.2, 0.25) is 0 Å². The van der Waals surface area contributed by atoms with E-state index in [9.17, 15) is 5.11 Å². The largest absolute Gasteiger partial charge is 0.508 e. The summed E-state index contributed by atoms with van der Waals surface area (Å²) in [5.74, 6) is 0.398. The van der Waals surface area contributed by atoms with Crippen LogP contribution in [0.5, 0.6) is 5.75 Å². The van der Waals surface area contributed by atoms with Crippen LogP contribution < -0.4 is 5.32 Å². The van der Waals surface area contributed by atoms with Crippen molar-refractivity contribution in [3.05, 3.63) is 23.8 Å². The average molecular weight is 263 g/mol. The van der Waals surface area contributed by atoms with E-state index in [1.165, 1.54) is 13.0 Å². The molecule has 1 heterocycles. The molecule has 1 aromatic rings. The molecular formula is C15H25N3O. The Morgan fingerprint density at radius 3 is 2.47 bits per heavy atom. The quantitative estimate of drug-likeness (QED) is 0.797. The monoisotopic (exact) mass is 263 g/mol. The van der Waals surface area contributed by atoms with Crippen LogP contribution in [0.2, 0.25) is 0 Å². The molecular weight excluding hydrogens is 238 g/mol. The van der Waals surface area contributed by atoms with Crippen molar-refractivity contribution in [3.8, 4) is 5.75 Å². The van der Waals surface area contributed by atoms with Crippen molar-refractivity contribution in [1.82, 2.24) is 9.80 Å². The van der Waals surface area contributed by atoms with Gasteiger partial charge in [0, 0.05) is 51.0 Å². The lowest BCUT2D eigenvalue weighted by atomic mass is 10.1. The molecule has 0 saturated carbocycles. The minimum absolute atomic E-state index is 0.398. The van der Waals surface area contributed by atoms with Crippen LogP contribution in [0.3, 0.4) is 0 Å². The Morgan fingerprint density at radius 2 is 1.84 bits per heavy atom. The minimum Gasteiger partial charge on any atom is -0.508 e.